The van der Waals surface area contributed by atoms with E-state index in [1.54, 1.807) is 0 Å². The van der Waals surface area contributed by atoms with Gasteiger partial charge >= 0.3 is 5.97 Å². The van der Waals surface area contributed by atoms with Crippen LogP contribution in [0.3, 0.4) is 0 Å². The van der Waals surface area contributed by atoms with Crippen LogP contribution in [0, 0.1) is 5.92 Å². The molecule has 166 valence electrons. The van der Waals surface area contributed by atoms with E-state index in [1.807, 2.05) is 0 Å². The maximum Gasteiger partial charge on any atom is 0.338 e. The number of hydrogen-bond acceptors (Lipinski definition) is 5. The number of nitrogens with one attached hydrogen (secondary N) is 1. The Labute approximate surface area is 179 Å². The average molecular weight is 437 g/mol. The molecule has 0 aromatic heterocycles. The lowest BCUT2D eigenvalue weighted by molar-refractivity contribution is -0.130. The number of carbonyl (C=O) groups is 2. The van der Waals surface area contributed by atoms with Crippen LogP contribution >= 0.6 is 0 Å². The molecule has 2 aliphatic rings. The van der Waals surface area contributed by atoms with E-state index >= 15 is 0 Å². The third-order valence-corrected chi connectivity index (χ3v) is 8.01. The summed E-state index contributed by atoms with van der Waals surface area (Å²) in [6.45, 7) is 4.64. The highest BCUT2D eigenvalue weighted by atomic mass is 32.2. The molecule has 1 saturated heterocycles. The summed E-state index contributed by atoms with van der Waals surface area (Å²) in [6.07, 6.45) is 6.03. The monoisotopic (exact) mass is 436 g/mol. The highest BCUT2D eigenvalue weighted by Crippen LogP contribution is 2.24. The van der Waals surface area contributed by atoms with Crippen molar-refractivity contribution in [2.45, 2.75) is 75.8 Å². The highest BCUT2D eigenvalue weighted by molar-refractivity contribution is 7.89. The van der Waals surface area contributed by atoms with Gasteiger partial charge in [-0.2, -0.15) is 4.31 Å². The van der Waals surface area contributed by atoms with Gasteiger partial charge in [0, 0.05) is 19.1 Å². The smallest absolute Gasteiger partial charge is 0.338 e. The summed E-state index contributed by atoms with van der Waals surface area (Å²) in [7, 11) is -3.64. The predicted octanol–water partition coefficient (Wildman–Crippen LogP) is 3.10. The third-order valence-electron chi connectivity index (χ3n) is 6.11. The number of hydrogen-bond donors (Lipinski definition) is 1. The van der Waals surface area contributed by atoms with Gasteiger partial charge in [0.1, 0.15) is 0 Å². The van der Waals surface area contributed by atoms with E-state index in [0.29, 0.717) is 19.0 Å². The average Bonchev–Trinajstić information content (AvgIpc) is 2.76. The van der Waals surface area contributed by atoms with Crippen LogP contribution in [-0.2, 0) is 19.6 Å². The van der Waals surface area contributed by atoms with Gasteiger partial charge in [0.15, 0.2) is 6.10 Å². The number of sulfonamides is 1. The molecule has 1 aliphatic carbocycles. The number of carbonyl (C=O) groups excluding carboxylic acids is 2. The van der Waals surface area contributed by atoms with Crippen molar-refractivity contribution in [1.29, 1.82) is 0 Å². The Morgan fingerprint density at radius 1 is 1.10 bits per heavy atom. The molecule has 1 saturated carbocycles. The van der Waals surface area contributed by atoms with Gasteiger partial charge in [-0.3, -0.25) is 4.79 Å². The van der Waals surface area contributed by atoms with Crippen molar-refractivity contribution in [2.24, 2.45) is 5.92 Å². The Kier molecular flexibility index (Phi) is 7.52. The van der Waals surface area contributed by atoms with Gasteiger partial charge in [-0.1, -0.05) is 32.3 Å². The van der Waals surface area contributed by atoms with E-state index in [0.717, 1.165) is 38.5 Å². The lowest BCUT2D eigenvalue weighted by atomic mass is 9.86. The number of rotatable bonds is 6. The van der Waals surface area contributed by atoms with Crippen molar-refractivity contribution in [3.05, 3.63) is 29.8 Å². The summed E-state index contributed by atoms with van der Waals surface area (Å²) in [5, 5.41) is 2.99. The lowest BCUT2D eigenvalue weighted by Crippen LogP contribution is -2.46. The van der Waals surface area contributed by atoms with Gasteiger partial charge in [-0.15, -0.1) is 0 Å². The Bertz CT molecular complexity index is 864. The number of benzene rings is 1. The van der Waals surface area contributed by atoms with Crippen LogP contribution in [0.2, 0.25) is 0 Å². The van der Waals surface area contributed by atoms with Gasteiger partial charge < -0.3 is 10.1 Å². The van der Waals surface area contributed by atoms with Crippen LogP contribution < -0.4 is 5.32 Å². The molecular formula is C22H32N2O5S. The highest BCUT2D eigenvalue weighted by Gasteiger charge is 2.28. The Morgan fingerprint density at radius 3 is 2.50 bits per heavy atom. The first-order valence-electron chi connectivity index (χ1n) is 10.9. The standard InChI is InChI=1S/C22H32N2O5S/c1-16-9-4-5-12-20(16)23-21(25)17(2)29-22(26)18-10-8-11-19(15-18)30(27,28)24-13-6-3-7-14-24/h8,10-11,15-17,20H,3-7,9,12-14H2,1-2H3,(H,23,25)/t16-,17-,20+/m1/s1. The molecule has 1 aliphatic heterocycles. The minimum Gasteiger partial charge on any atom is -0.449 e. The number of nitrogens with zero attached hydrogens (tertiary/aromatic N) is 1. The van der Waals surface area contributed by atoms with Crippen molar-refractivity contribution < 1.29 is 22.7 Å². The molecule has 0 spiro atoms. The number of piperidine rings is 1. The summed E-state index contributed by atoms with van der Waals surface area (Å²) in [6, 6.07) is 5.96. The fourth-order valence-corrected chi connectivity index (χ4v) is 5.71. The van der Waals surface area contributed by atoms with Crippen LogP contribution in [-0.4, -0.2) is 49.8 Å². The molecule has 0 bridgehead atoms. The molecule has 7 nitrogen and oxygen atoms in total. The first kappa shape index (κ1) is 22.7. The van der Waals surface area contributed by atoms with E-state index in [9.17, 15) is 18.0 Å². The van der Waals surface area contributed by atoms with Crippen molar-refractivity contribution in [2.75, 3.05) is 13.1 Å². The van der Waals surface area contributed by atoms with Crippen LogP contribution in [0.15, 0.2) is 29.2 Å². The first-order valence-corrected chi connectivity index (χ1v) is 12.3. The maximum absolute atomic E-state index is 12.9. The summed E-state index contributed by atoms with van der Waals surface area (Å²) >= 11 is 0. The largest absolute Gasteiger partial charge is 0.449 e. The molecule has 0 unspecified atom stereocenters. The minimum absolute atomic E-state index is 0.0759. The molecule has 1 amide bonds. The van der Waals surface area contributed by atoms with Crippen molar-refractivity contribution >= 4 is 21.9 Å². The molecule has 30 heavy (non-hydrogen) atoms. The second-order valence-corrected chi connectivity index (χ2v) is 10.4. The molecule has 1 heterocycles. The normalized spacial score (nSPS) is 24.1. The number of ether oxygens (including phenoxy) is 1. The Balaban J connectivity index is 1.63. The molecule has 0 radical (unpaired) electrons. The first-order chi connectivity index (χ1) is 14.3. The van der Waals surface area contributed by atoms with Crippen molar-refractivity contribution in [3.63, 3.8) is 0 Å². The zero-order chi connectivity index (χ0) is 21.7. The minimum atomic E-state index is -3.64. The number of amides is 1. The van der Waals surface area contributed by atoms with Gasteiger partial charge in [0.2, 0.25) is 10.0 Å². The van der Waals surface area contributed by atoms with Crippen LogP contribution in [0.1, 0.15) is 69.2 Å². The zero-order valence-corrected chi connectivity index (χ0v) is 18.6. The fourth-order valence-electron chi connectivity index (χ4n) is 4.15. The lowest BCUT2D eigenvalue weighted by Gasteiger charge is -2.30. The van der Waals surface area contributed by atoms with E-state index in [4.69, 9.17) is 4.74 Å². The summed E-state index contributed by atoms with van der Waals surface area (Å²) in [5.41, 5.74) is 0.124. The van der Waals surface area contributed by atoms with E-state index in [1.165, 1.54) is 41.9 Å². The predicted molar refractivity (Wildman–Crippen MR) is 113 cm³/mol. The van der Waals surface area contributed by atoms with Crippen LogP contribution in [0.5, 0.6) is 0 Å². The van der Waals surface area contributed by atoms with Gasteiger partial charge in [-0.25, -0.2) is 13.2 Å². The molecule has 3 rings (SSSR count). The van der Waals surface area contributed by atoms with Gasteiger partial charge in [0.05, 0.1) is 10.5 Å². The van der Waals surface area contributed by atoms with Crippen molar-refractivity contribution in [3.8, 4) is 0 Å². The molecular weight excluding hydrogens is 404 g/mol. The van der Waals surface area contributed by atoms with Gasteiger partial charge in [-0.05, 0) is 56.7 Å². The second kappa shape index (κ2) is 9.92. The number of esters is 1. The summed E-state index contributed by atoms with van der Waals surface area (Å²) in [4.78, 5) is 25.1. The molecule has 3 atom stereocenters. The summed E-state index contributed by atoms with van der Waals surface area (Å²) < 4.78 is 32.5. The van der Waals surface area contributed by atoms with Crippen LogP contribution in [0.4, 0.5) is 0 Å². The second-order valence-electron chi connectivity index (χ2n) is 8.42. The third kappa shape index (κ3) is 5.40. The zero-order valence-electron chi connectivity index (χ0n) is 17.8. The van der Waals surface area contributed by atoms with E-state index in [2.05, 4.69) is 12.2 Å². The topological polar surface area (TPSA) is 92.8 Å². The van der Waals surface area contributed by atoms with Crippen LogP contribution in [0.25, 0.3) is 0 Å². The fraction of sp³-hybridized carbons (Fsp3) is 0.636. The molecule has 1 N–H and O–H groups in total. The van der Waals surface area contributed by atoms with Crippen molar-refractivity contribution in [1.82, 2.24) is 9.62 Å². The summed E-state index contributed by atoms with van der Waals surface area (Å²) in [5.74, 6) is -0.619. The molecule has 1 aromatic rings. The quantitative estimate of drug-likeness (QED) is 0.692. The molecule has 1 aromatic carbocycles. The van der Waals surface area contributed by atoms with Gasteiger partial charge in [0.25, 0.3) is 5.91 Å². The molecule has 2 fully saturated rings. The maximum atomic E-state index is 12.9. The SMILES string of the molecule is C[C@@H]1CCCC[C@@H]1NC(=O)[C@@H](C)OC(=O)c1cccc(S(=O)(=O)N2CCCCC2)c1. The molecule has 8 heteroatoms. The van der Waals surface area contributed by atoms with E-state index in [-0.39, 0.29) is 22.4 Å². The Hall–Kier alpha value is -1.93. The Morgan fingerprint density at radius 2 is 1.80 bits per heavy atom. The van der Waals surface area contributed by atoms with E-state index < -0.39 is 22.1 Å².